The van der Waals surface area contributed by atoms with Gasteiger partial charge in [-0.3, -0.25) is 0 Å². The number of nitrogens with zero attached hydrogens (tertiary/aromatic N) is 3. The predicted molar refractivity (Wildman–Crippen MR) is 78.7 cm³/mol. The fourth-order valence-electron chi connectivity index (χ4n) is 2.18. The minimum Gasteiger partial charge on any atom is -0.478 e. The first-order chi connectivity index (χ1) is 9.06. The van der Waals surface area contributed by atoms with E-state index in [-0.39, 0.29) is 24.4 Å². The SMILES string of the molecule is C[C@H]1CCN1c1nc2ncc(C(=O)O)cc2cc1Cl.[Li]. The fraction of sp³-hybridized carbons (Fsp3) is 0.308. The van der Waals surface area contributed by atoms with Crippen molar-refractivity contribution in [3.63, 3.8) is 0 Å². The molecule has 7 heteroatoms. The summed E-state index contributed by atoms with van der Waals surface area (Å²) in [5, 5.41) is 10.1. The van der Waals surface area contributed by atoms with E-state index in [0.29, 0.717) is 22.1 Å². The number of carbonyl (C=O) groups is 1. The zero-order valence-electron chi connectivity index (χ0n) is 11.3. The first-order valence-electron chi connectivity index (χ1n) is 6.02. The maximum absolute atomic E-state index is 10.9. The van der Waals surface area contributed by atoms with Gasteiger partial charge in [0.05, 0.1) is 10.6 Å². The minimum absolute atomic E-state index is 0. The van der Waals surface area contributed by atoms with Gasteiger partial charge in [0.1, 0.15) is 5.82 Å². The van der Waals surface area contributed by atoms with Crippen LogP contribution in [0.2, 0.25) is 5.02 Å². The summed E-state index contributed by atoms with van der Waals surface area (Å²) in [6.45, 7) is 3.05. The van der Waals surface area contributed by atoms with E-state index in [1.54, 1.807) is 6.07 Å². The molecular formula is C13H12ClLiN3O2. The second kappa shape index (κ2) is 5.61. The average molecular weight is 285 g/mol. The van der Waals surface area contributed by atoms with Crippen molar-refractivity contribution in [3.05, 3.63) is 28.9 Å². The number of halogens is 1. The molecule has 0 amide bonds. The van der Waals surface area contributed by atoms with Crippen LogP contribution in [0.15, 0.2) is 18.3 Å². The number of rotatable bonds is 2. The van der Waals surface area contributed by atoms with Crippen LogP contribution >= 0.6 is 11.6 Å². The van der Waals surface area contributed by atoms with Crippen LogP contribution in [0.4, 0.5) is 5.82 Å². The van der Waals surface area contributed by atoms with Gasteiger partial charge in [-0.15, -0.1) is 0 Å². The second-order valence-electron chi connectivity index (χ2n) is 4.70. The largest absolute Gasteiger partial charge is 0.478 e. The normalized spacial score (nSPS) is 17.5. The number of aromatic nitrogens is 2. The molecule has 0 spiro atoms. The summed E-state index contributed by atoms with van der Waals surface area (Å²) in [5.74, 6) is -0.283. The molecule has 1 fully saturated rings. The second-order valence-corrected chi connectivity index (χ2v) is 5.11. The summed E-state index contributed by atoms with van der Waals surface area (Å²) >= 11 is 6.23. The molecular weight excluding hydrogens is 273 g/mol. The number of hydrogen-bond acceptors (Lipinski definition) is 4. The topological polar surface area (TPSA) is 66.3 Å². The molecule has 1 aliphatic rings. The van der Waals surface area contributed by atoms with Crippen LogP contribution in [0, 0.1) is 0 Å². The van der Waals surface area contributed by atoms with Crippen LogP contribution < -0.4 is 4.90 Å². The molecule has 2 aromatic rings. The molecule has 3 heterocycles. The molecule has 3 rings (SSSR count). The third kappa shape index (κ3) is 2.49. The molecule has 1 saturated heterocycles. The number of hydrogen-bond donors (Lipinski definition) is 1. The Balaban J connectivity index is 0.00000147. The van der Waals surface area contributed by atoms with Gasteiger partial charge in [-0.1, -0.05) is 11.6 Å². The van der Waals surface area contributed by atoms with Crippen molar-refractivity contribution in [2.75, 3.05) is 11.4 Å². The summed E-state index contributed by atoms with van der Waals surface area (Å²) < 4.78 is 0. The third-order valence-electron chi connectivity index (χ3n) is 3.44. The monoisotopic (exact) mass is 284 g/mol. The van der Waals surface area contributed by atoms with Gasteiger partial charge in [-0.25, -0.2) is 14.8 Å². The number of fused-ring (bicyclic) bond motifs is 1. The number of anilines is 1. The molecule has 0 aliphatic carbocycles. The van der Waals surface area contributed by atoms with Crippen LogP contribution in [0.3, 0.4) is 0 Å². The van der Waals surface area contributed by atoms with E-state index in [4.69, 9.17) is 16.7 Å². The van der Waals surface area contributed by atoms with E-state index < -0.39 is 5.97 Å². The number of carboxylic acids is 1. The van der Waals surface area contributed by atoms with Crippen LogP contribution in [0.1, 0.15) is 23.7 Å². The number of aromatic carboxylic acids is 1. The Morgan fingerprint density at radius 1 is 1.50 bits per heavy atom. The molecule has 1 N–H and O–H groups in total. The van der Waals surface area contributed by atoms with Crippen molar-refractivity contribution in [2.24, 2.45) is 0 Å². The molecule has 0 saturated carbocycles. The molecule has 0 aromatic carbocycles. The smallest absolute Gasteiger partial charge is 0.337 e. The Hall–Kier alpha value is -1.28. The van der Waals surface area contributed by atoms with E-state index in [2.05, 4.69) is 21.8 Å². The van der Waals surface area contributed by atoms with Gasteiger partial charge in [0.2, 0.25) is 0 Å². The Bertz CT molecular complexity index is 680. The van der Waals surface area contributed by atoms with Crippen LogP contribution in [0.25, 0.3) is 11.0 Å². The van der Waals surface area contributed by atoms with E-state index in [1.165, 1.54) is 12.3 Å². The Kier molecular flexibility index (Phi) is 4.24. The standard InChI is InChI=1S/C13H12ClN3O2.Li/c1-7-2-3-17(7)12-10(14)5-8-4-9(13(18)19)6-15-11(8)16-12;/h4-7H,2-3H2,1H3,(H,18,19);/t7-;/m0./s1. The molecule has 1 atom stereocenters. The summed E-state index contributed by atoms with van der Waals surface area (Å²) in [4.78, 5) is 21.6. The van der Waals surface area contributed by atoms with E-state index in [0.717, 1.165) is 18.8 Å². The fourth-order valence-corrected chi connectivity index (χ4v) is 2.45. The van der Waals surface area contributed by atoms with Crippen LogP contribution in [-0.2, 0) is 0 Å². The summed E-state index contributed by atoms with van der Waals surface area (Å²) in [6, 6.07) is 3.69. The van der Waals surface area contributed by atoms with Crippen molar-refractivity contribution in [1.82, 2.24) is 9.97 Å². The van der Waals surface area contributed by atoms with Crippen molar-refractivity contribution < 1.29 is 9.90 Å². The first-order valence-corrected chi connectivity index (χ1v) is 6.40. The quantitative estimate of drug-likeness (QED) is 0.857. The molecule has 1 radical (unpaired) electrons. The Morgan fingerprint density at radius 2 is 2.25 bits per heavy atom. The van der Waals surface area contributed by atoms with E-state index in [1.807, 2.05) is 0 Å². The Morgan fingerprint density at radius 3 is 2.80 bits per heavy atom. The minimum atomic E-state index is -1.01. The molecule has 99 valence electrons. The predicted octanol–water partition coefficient (Wildman–Crippen LogP) is 2.20. The van der Waals surface area contributed by atoms with Crippen molar-refractivity contribution >= 4 is 53.3 Å². The van der Waals surface area contributed by atoms with Gasteiger partial charge < -0.3 is 10.0 Å². The van der Waals surface area contributed by atoms with Gasteiger partial charge in [-0.05, 0) is 25.5 Å². The van der Waals surface area contributed by atoms with Crippen LogP contribution in [-0.4, -0.2) is 52.5 Å². The van der Waals surface area contributed by atoms with E-state index in [9.17, 15) is 4.79 Å². The molecule has 5 nitrogen and oxygen atoms in total. The molecule has 0 unspecified atom stereocenters. The van der Waals surface area contributed by atoms with Crippen molar-refractivity contribution in [2.45, 2.75) is 19.4 Å². The molecule has 20 heavy (non-hydrogen) atoms. The number of carboxylic acid groups (broad SMARTS) is 1. The van der Waals surface area contributed by atoms with Gasteiger partial charge in [0.25, 0.3) is 0 Å². The summed E-state index contributed by atoms with van der Waals surface area (Å²) in [6.07, 6.45) is 2.44. The van der Waals surface area contributed by atoms with Gasteiger partial charge in [-0.2, -0.15) is 0 Å². The molecule has 1 aliphatic heterocycles. The zero-order valence-corrected chi connectivity index (χ0v) is 12.1. The first kappa shape index (κ1) is 15.1. The summed E-state index contributed by atoms with van der Waals surface area (Å²) in [5.41, 5.74) is 0.652. The Labute approximate surface area is 133 Å². The zero-order chi connectivity index (χ0) is 13.6. The van der Waals surface area contributed by atoms with Gasteiger partial charge in [0, 0.05) is 43.0 Å². The van der Waals surface area contributed by atoms with Gasteiger partial charge >= 0.3 is 5.97 Å². The van der Waals surface area contributed by atoms with Crippen LogP contribution in [0.5, 0.6) is 0 Å². The molecule has 2 aromatic heterocycles. The molecule has 0 bridgehead atoms. The van der Waals surface area contributed by atoms with Gasteiger partial charge in [0.15, 0.2) is 5.65 Å². The number of pyridine rings is 2. The third-order valence-corrected chi connectivity index (χ3v) is 3.72. The summed E-state index contributed by atoms with van der Waals surface area (Å²) in [7, 11) is 0. The average Bonchev–Trinajstić information content (AvgIpc) is 2.37. The maximum atomic E-state index is 10.9. The van der Waals surface area contributed by atoms with Crippen molar-refractivity contribution in [3.8, 4) is 0 Å². The maximum Gasteiger partial charge on any atom is 0.337 e. The van der Waals surface area contributed by atoms with Crippen molar-refractivity contribution in [1.29, 1.82) is 0 Å². The van der Waals surface area contributed by atoms with E-state index >= 15 is 0 Å².